The summed E-state index contributed by atoms with van der Waals surface area (Å²) in [4.78, 5) is 68.2. The lowest BCUT2D eigenvalue weighted by Crippen LogP contribution is -2.57. The van der Waals surface area contributed by atoms with Gasteiger partial charge in [0.2, 0.25) is 11.7 Å². The molecule has 2 heterocycles. The van der Waals surface area contributed by atoms with Crippen LogP contribution in [-0.4, -0.2) is 92.2 Å². The molecule has 1 aliphatic carbocycles. The molecule has 4 aromatic rings. The molecular formula is C50H66N8O7. The van der Waals surface area contributed by atoms with Crippen LogP contribution >= 0.6 is 0 Å². The number of amides is 4. The zero-order chi connectivity index (χ0) is 47.1. The monoisotopic (exact) mass is 891 g/mol. The molecule has 1 saturated carbocycles. The van der Waals surface area contributed by atoms with Crippen molar-refractivity contribution in [1.29, 1.82) is 0 Å². The second-order valence-electron chi connectivity index (χ2n) is 20.4. The smallest absolute Gasteiger partial charge is 0.410 e. The number of hydrogen-bond donors (Lipinski definition) is 4. The Balaban J connectivity index is 1.09. The lowest BCUT2D eigenvalue weighted by atomic mass is 9.77. The summed E-state index contributed by atoms with van der Waals surface area (Å²) >= 11 is 0. The average molecular weight is 891 g/mol. The number of likely N-dealkylation sites (tertiary alicyclic amines) is 1. The minimum Gasteiger partial charge on any atom is -0.444 e. The number of carbonyl (C=O) groups is 5. The Hall–Kier alpha value is -6.12. The zero-order valence-corrected chi connectivity index (χ0v) is 39.4. The second kappa shape index (κ2) is 20.4. The number of nitrogens with zero attached hydrogens (tertiary/aromatic N) is 4. The number of aromatic amines is 1. The van der Waals surface area contributed by atoms with Gasteiger partial charge in [0.05, 0.1) is 0 Å². The second-order valence-corrected chi connectivity index (χ2v) is 20.4. The van der Waals surface area contributed by atoms with Gasteiger partial charge in [0.15, 0.2) is 0 Å². The lowest BCUT2D eigenvalue weighted by molar-refractivity contribution is -0.129. The maximum absolute atomic E-state index is 14.0. The number of H-pyrrole nitrogens is 1. The van der Waals surface area contributed by atoms with Crippen LogP contribution in [0.15, 0.2) is 66.7 Å². The number of rotatable bonds is 13. The zero-order valence-electron chi connectivity index (χ0n) is 39.4. The predicted octanol–water partition coefficient (Wildman–Crippen LogP) is 8.70. The molecule has 0 spiro atoms. The fourth-order valence-corrected chi connectivity index (χ4v) is 8.71. The molecule has 65 heavy (non-hydrogen) atoms. The van der Waals surface area contributed by atoms with Gasteiger partial charge in [-0.25, -0.2) is 9.59 Å². The third kappa shape index (κ3) is 13.7. The Morgan fingerprint density at radius 3 is 2.11 bits per heavy atom. The first-order chi connectivity index (χ1) is 30.6. The van der Waals surface area contributed by atoms with Gasteiger partial charge >= 0.3 is 12.2 Å². The minimum absolute atomic E-state index is 0.0716. The first kappa shape index (κ1) is 48.3. The van der Waals surface area contributed by atoms with Gasteiger partial charge in [-0.2, -0.15) is 5.21 Å². The molecule has 2 fully saturated rings. The summed E-state index contributed by atoms with van der Waals surface area (Å²) in [5.41, 5.74) is 4.17. The molecule has 1 aliphatic heterocycles. The third-order valence-electron chi connectivity index (χ3n) is 12.2. The van der Waals surface area contributed by atoms with Gasteiger partial charge in [-0.15, -0.1) is 10.2 Å². The summed E-state index contributed by atoms with van der Waals surface area (Å²) < 4.78 is 11.0. The molecular weight excluding hydrogens is 825 g/mol. The fourth-order valence-electron chi connectivity index (χ4n) is 8.71. The number of aryl methyl sites for hydroxylation is 1. The molecule has 0 bridgehead atoms. The van der Waals surface area contributed by atoms with E-state index < -0.39 is 23.2 Å². The maximum atomic E-state index is 14.0. The summed E-state index contributed by atoms with van der Waals surface area (Å²) in [6, 6.07) is 20.7. The van der Waals surface area contributed by atoms with E-state index in [0.29, 0.717) is 62.4 Å². The summed E-state index contributed by atoms with van der Waals surface area (Å²) in [6.45, 7) is 18.6. The van der Waals surface area contributed by atoms with Crippen molar-refractivity contribution in [3.05, 3.63) is 83.4 Å². The number of nitrogens with one attached hydrogen (secondary N) is 4. The summed E-state index contributed by atoms with van der Waals surface area (Å²) in [5, 5.41) is 23.2. The number of anilines is 1. The van der Waals surface area contributed by atoms with Gasteiger partial charge in [-0.05, 0) is 157 Å². The summed E-state index contributed by atoms with van der Waals surface area (Å²) in [5.74, 6) is -0.414. The van der Waals surface area contributed by atoms with Crippen LogP contribution in [0.5, 0.6) is 0 Å². The normalized spacial score (nSPS) is 19.1. The van der Waals surface area contributed by atoms with Crippen LogP contribution in [0.25, 0.3) is 22.5 Å². The van der Waals surface area contributed by atoms with E-state index in [1.807, 2.05) is 90.9 Å². The molecule has 4 N–H and O–H groups in total. The number of ketones is 1. The first-order valence-electron chi connectivity index (χ1n) is 22.8. The van der Waals surface area contributed by atoms with Gasteiger partial charge < -0.3 is 30.3 Å². The summed E-state index contributed by atoms with van der Waals surface area (Å²) in [6.07, 6.45) is 3.31. The SMILES string of the molecule is Cc1cc(C(=O)NC2CCN(C(=O)OC(C)(C)C)CC2(C)C)ccc1-c1ccc(C[C@H](CC(=O)C2CCC(CNC(=O)OC(C)(C)C)CC2)C(=O)Nc2ccc(-c3nn[nH]n3)cc2)cc1. The Bertz CT molecular complexity index is 2290. The van der Waals surface area contributed by atoms with Crippen LogP contribution in [0.1, 0.15) is 115 Å². The quantitative estimate of drug-likeness (QED) is 0.101. The van der Waals surface area contributed by atoms with Crippen molar-refractivity contribution in [2.75, 3.05) is 25.0 Å². The third-order valence-corrected chi connectivity index (χ3v) is 12.2. The number of alkyl carbamates (subject to hydrolysis) is 1. The Labute approximate surface area is 382 Å². The van der Waals surface area contributed by atoms with Gasteiger partial charge in [0.25, 0.3) is 5.91 Å². The number of Topliss-reactive ketones (excluding diaryl/α,β-unsaturated/α-hetero) is 1. The highest BCUT2D eigenvalue weighted by atomic mass is 16.6. The van der Waals surface area contributed by atoms with Gasteiger partial charge in [-0.3, -0.25) is 14.4 Å². The molecule has 3 aromatic carbocycles. The van der Waals surface area contributed by atoms with E-state index >= 15 is 0 Å². The number of tetrazole rings is 1. The number of carbonyl (C=O) groups excluding carboxylic acids is 5. The van der Waals surface area contributed by atoms with Crippen LogP contribution < -0.4 is 16.0 Å². The van der Waals surface area contributed by atoms with Gasteiger partial charge in [0.1, 0.15) is 17.0 Å². The van der Waals surface area contributed by atoms with E-state index in [0.717, 1.165) is 40.7 Å². The molecule has 1 saturated heterocycles. The molecule has 348 valence electrons. The molecule has 4 amide bonds. The average Bonchev–Trinajstić information content (AvgIpc) is 3.78. The van der Waals surface area contributed by atoms with Crippen molar-refractivity contribution in [3.63, 3.8) is 0 Å². The number of piperidine rings is 1. The molecule has 1 unspecified atom stereocenters. The van der Waals surface area contributed by atoms with E-state index in [4.69, 9.17) is 9.47 Å². The maximum Gasteiger partial charge on any atom is 0.410 e. The van der Waals surface area contributed by atoms with Crippen LogP contribution in [0, 0.1) is 30.1 Å². The molecule has 6 rings (SSSR count). The molecule has 15 heteroatoms. The lowest BCUT2D eigenvalue weighted by Gasteiger charge is -2.44. The highest BCUT2D eigenvalue weighted by Gasteiger charge is 2.40. The van der Waals surface area contributed by atoms with Crippen molar-refractivity contribution in [1.82, 2.24) is 36.2 Å². The molecule has 1 aromatic heterocycles. The molecule has 15 nitrogen and oxygen atoms in total. The summed E-state index contributed by atoms with van der Waals surface area (Å²) in [7, 11) is 0. The highest BCUT2D eigenvalue weighted by Crippen LogP contribution is 2.33. The first-order valence-corrected chi connectivity index (χ1v) is 22.8. The van der Waals surface area contributed by atoms with E-state index in [1.165, 1.54) is 0 Å². The fraction of sp³-hybridized carbons (Fsp3) is 0.520. The van der Waals surface area contributed by atoms with E-state index in [2.05, 4.69) is 50.4 Å². The van der Waals surface area contributed by atoms with E-state index in [-0.39, 0.29) is 53.4 Å². The van der Waals surface area contributed by atoms with E-state index in [1.54, 1.807) is 29.2 Å². The van der Waals surface area contributed by atoms with Crippen LogP contribution in [0.2, 0.25) is 0 Å². The number of hydrogen-bond acceptors (Lipinski definition) is 10. The molecule has 0 radical (unpaired) electrons. The Kier molecular flexibility index (Phi) is 15.1. The number of aromatic nitrogens is 4. The van der Waals surface area contributed by atoms with Crippen molar-refractivity contribution in [2.45, 2.75) is 125 Å². The molecule has 2 atom stereocenters. The van der Waals surface area contributed by atoms with Crippen LogP contribution in [0.3, 0.4) is 0 Å². The Morgan fingerprint density at radius 1 is 0.846 bits per heavy atom. The largest absolute Gasteiger partial charge is 0.444 e. The van der Waals surface area contributed by atoms with Crippen molar-refractivity contribution in [3.8, 4) is 22.5 Å². The minimum atomic E-state index is -0.620. The van der Waals surface area contributed by atoms with Crippen molar-refractivity contribution >= 4 is 35.5 Å². The van der Waals surface area contributed by atoms with Gasteiger partial charge in [0, 0.05) is 66.2 Å². The topological polar surface area (TPSA) is 198 Å². The predicted molar refractivity (Wildman–Crippen MR) is 249 cm³/mol. The van der Waals surface area contributed by atoms with Crippen molar-refractivity contribution in [2.24, 2.45) is 23.2 Å². The Morgan fingerprint density at radius 2 is 1.51 bits per heavy atom. The standard InChI is InChI=1S/C50H66N8O7/c1-31-26-37(44(60)53-42-24-25-58(30-50(42,8)9)47(63)65-49(5,6)7)20-23-40(31)34-14-10-32(11-15-34)27-38(45(61)52-39-21-18-36(19-22-39)43-54-56-57-55-43)28-41(59)35-16-12-33(13-17-35)29-51-46(62)64-48(2,3)4/h10-11,14-15,18-23,26,33,35,38,42H,12-13,16-17,24-25,27-30H2,1-9H3,(H,51,62)(H,52,61)(H,53,60)(H,54,55,56,57)/t33?,35?,38-,42?/m1/s1. The van der Waals surface area contributed by atoms with Crippen LogP contribution in [0.4, 0.5) is 15.3 Å². The number of ether oxygens (including phenoxy) is 2. The van der Waals surface area contributed by atoms with Crippen molar-refractivity contribution < 1.29 is 33.4 Å². The van der Waals surface area contributed by atoms with E-state index in [9.17, 15) is 24.0 Å². The number of benzene rings is 3. The van der Waals surface area contributed by atoms with Crippen LogP contribution in [-0.2, 0) is 25.5 Å². The highest BCUT2D eigenvalue weighted by molar-refractivity contribution is 5.97. The van der Waals surface area contributed by atoms with Gasteiger partial charge in [-0.1, -0.05) is 44.2 Å². The molecule has 2 aliphatic rings.